The first kappa shape index (κ1) is 18.7. The SMILES string of the molecule is COc1cccc(C)c1C(=O)N1CCC2(CC1)Oc1ccccc1-c1c2cnn1C. The normalized spacial score (nSPS) is 16.6. The zero-order valence-electron chi connectivity index (χ0n) is 17.5. The number of hydrogen-bond acceptors (Lipinski definition) is 4. The smallest absolute Gasteiger partial charge is 0.257 e. The van der Waals surface area contributed by atoms with Crippen molar-refractivity contribution in [2.24, 2.45) is 7.05 Å². The number of benzene rings is 2. The Balaban J connectivity index is 1.45. The number of methoxy groups -OCH3 is 1. The van der Waals surface area contributed by atoms with Crippen molar-refractivity contribution in [1.29, 1.82) is 0 Å². The average Bonchev–Trinajstić information content (AvgIpc) is 3.16. The number of carbonyl (C=O) groups is 1. The molecule has 1 saturated heterocycles. The van der Waals surface area contributed by atoms with Gasteiger partial charge in [-0.1, -0.05) is 24.3 Å². The molecule has 0 saturated carbocycles. The topological polar surface area (TPSA) is 56.6 Å². The second-order valence-corrected chi connectivity index (χ2v) is 8.07. The van der Waals surface area contributed by atoms with Gasteiger partial charge in [-0.3, -0.25) is 9.48 Å². The van der Waals surface area contributed by atoms with E-state index >= 15 is 0 Å². The summed E-state index contributed by atoms with van der Waals surface area (Å²) in [5.41, 5.74) is 4.41. The number of hydrogen-bond donors (Lipinski definition) is 0. The van der Waals surface area contributed by atoms with E-state index in [1.165, 1.54) is 0 Å². The fraction of sp³-hybridized carbons (Fsp3) is 0.333. The lowest BCUT2D eigenvalue weighted by molar-refractivity contribution is -0.00181. The van der Waals surface area contributed by atoms with Crippen LogP contribution in [-0.2, 0) is 12.6 Å². The van der Waals surface area contributed by atoms with Crippen LogP contribution in [-0.4, -0.2) is 40.8 Å². The van der Waals surface area contributed by atoms with E-state index in [-0.39, 0.29) is 5.91 Å². The number of aromatic nitrogens is 2. The number of ether oxygens (including phenoxy) is 2. The van der Waals surface area contributed by atoms with Crippen LogP contribution in [0.25, 0.3) is 11.3 Å². The lowest BCUT2D eigenvalue weighted by atomic mass is 9.81. The largest absolute Gasteiger partial charge is 0.496 e. The number of aryl methyl sites for hydroxylation is 2. The number of para-hydroxylation sites is 1. The molecule has 0 atom stereocenters. The fourth-order valence-electron chi connectivity index (χ4n) is 4.79. The highest BCUT2D eigenvalue weighted by Crippen LogP contribution is 2.49. The van der Waals surface area contributed by atoms with Gasteiger partial charge in [0, 0.05) is 44.1 Å². The van der Waals surface area contributed by atoms with Gasteiger partial charge in [0.2, 0.25) is 0 Å². The molecular weight excluding hydrogens is 378 g/mol. The van der Waals surface area contributed by atoms with Crippen LogP contribution in [0.2, 0.25) is 0 Å². The molecule has 2 aliphatic rings. The highest BCUT2D eigenvalue weighted by atomic mass is 16.5. The van der Waals surface area contributed by atoms with Gasteiger partial charge in [0.1, 0.15) is 17.1 Å². The molecule has 30 heavy (non-hydrogen) atoms. The van der Waals surface area contributed by atoms with E-state index in [2.05, 4.69) is 11.2 Å². The van der Waals surface area contributed by atoms with Crippen LogP contribution in [0.3, 0.4) is 0 Å². The van der Waals surface area contributed by atoms with E-state index in [4.69, 9.17) is 9.47 Å². The van der Waals surface area contributed by atoms with Gasteiger partial charge in [-0.2, -0.15) is 5.10 Å². The minimum Gasteiger partial charge on any atom is -0.496 e. The number of piperidine rings is 1. The quantitative estimate of drug-likeness (QED) is 0.651. The molecule has 0 aliphatic carbocycles. The Labute approximate surface area is 176 Å². The monoisotopic (exact) mass is 403 g/mol. The Morgan fingerprint density at radius 1 is 1.13 bits per heavy atom. The van der Waals surface area contributed by atoms with Gasteiger partial charge in [-0.05, 0) is 30.7 Å². The molecule has 3 aromatic rings. The van der Waals surface area contributed by atoms with Crippen LogP contribution in [0.1, 0.15) is 34.3 Å². The summed E-state index contributed by atoms with van der Waals surface area (Å²) in [6.45, 7) is 3.18. The molecule has 0 radical (unpaired) electrons. The number of likely N-dealkylation sites (tertiary alicyclic amines) is 1. The van der Waals surface area contributed by atoms with Crippen LogP contribution >= 0.6 is 0 Å². The van der Waals surface area contributed by atoms with Crippen molar-refractivity contribution in [1.82, 2.24) is 14.7 Å². The maximum Gasteiger partial charge on any atom is 0.257 e. The highest BCUT2D eigenvalue weighted by molar-refractivity contribution is 5.98. The number of fused-ring (bicyclic) bond motifs is 4. The summed E-state index contributed by atoms with van der Waals surface area (Å²) in [6, 6.07) is 13.8. The second-order valence-electron chi connectivity index (χ2n) is 8.07. The lowest BCUT2D eigenvalue weighted by Gasteiger charge is -2.44. The first-order valence-corrected chi connectivity index (χ1v) is 10.3. The first-order valence-electron chi connectivity index (χ1n) is 10.3. The van der Waals surface area contributed by atoms with Crippen LogP contribution < -0.4 is 9.47 Å². The Hall–Kier alpha value is -3.28. The maximum atomic E-state index is 13.3. The van der Waals surface area contributed by atoms with Gasteiger partial charge < -0.3 is 14.4 Å². The number of carbonyl (C=O) groups excluding carboxylic acids is 1. The van der Waals surface area contributed by atoms with Gasteiger partial charge in [0.25, 0.3) is 5.91 Å². The molecule has 0 bridgehead atoms. The number of nitrogens with zero attached hydrogens (tertiary/aromatic N) is 3. The van der Waals surface area contributed by atoms with Gasteiger partial charge in [0.05, 0.1) is 24.6 Å². The third kappa shape index (κ3) is 2.70. The first-order chi connectivity index (χ1) is 14.5. The zero-order valence-corrected chi connectivity index (χ0v) is 17.5. The highest BCUT2D eigenvalue weighted by Gasteiger charge is 2.46. The zero-order chi connectivity index (χ0) is 20.9. The van der Waals surface area contributed by atoms with E-state index in [0.29, 0.717) is 24.4 Å². The minimum absolute atomic E-state index is 0.0161. The Kier molecular flexibility index (Phi) is 4.31. The van der Waals surface area contributed by atoms with E-state index in [1.807, 2.05) is 66.1 Å². The lowest BCUT2D eigenvalue weighted by Crippen LogP contribution is -2.49. The predicted molar refractivity (Wildman–Crippen MR) is 114 cm³/mol. The predicted octanol–water partition coefficient (Wildman–Crippen LogP) is 3.93. The van der Waals surface area contributed by atoms with E-state index in [1.54, 1.807) is 7.11 Å². The molecule has 1 spiro atoms. The van der Waals surface area contributed by atoms with Crippen LogP contribution in [0.5, 0.6) is 11.5 Å². The van der Waals surface area contributed by atoms with E-state index < -0.39 is 5.60 Å². The molecule has 6 nitrogen and oxygen atoms in total. The summed E-state index contributed by atoms with van der Waals surface area (Å²) in [6.07, 6.45) is 3.37. The minimum atomic E-state index is -0.454. The number of rotatable bonds is 2. The van der Waals surface area contributed by atoms with Crippen LogP contribution in [0.15, 0.2) is 48.7 Å². The third-order valence-corrected chi connectivity index (χ3v) is 6.40. The van der Waals surface area contributed by atoms with Gasteiger partial charge >= 0.3 is 0 Å². The fourth-order valence-corrected chi connectivity index (χ4v) is 4.79. The summed E-state index contributed by atoms with van der Waals surface area (Å²) in [5, 5.41) is 4.52. The molecule has 0 unspecified atom stereocenters. The summed E-state index contributed by atoms with van der Waals surface area (Å²) in [4.78, 5) is 15.2. The van der Waals surface area contributed by atoms with Gasteiger partial charge in [0.15, 0.2) is 0 Å². The Morgan fingerprint density at radius 2 is 1.90 bits per heavy atom. The van der Waals surface area contributed by atoms with Crippen LogP contribution in [0, 0.1) is 6.92 Å². The van der Waals surface area contributed by atoms with Crippen molar-refractivity contribution in [3.05, 3.63) is 65.4 Å². The Morgan fingerprint density at radius 3 is 2.67 bits per heavy atom. The van der Waals surface area contributed by atoms with Crippen molar-refractivity contribution in [3.63, 3.8) is 0 Å². The summed E-state index contributed by atoms with van der Waals surface area (Å²) < 4.78 is 14.0. The molecule has 2 aromatic carbocycles. The average molecular weight is 403 g/mol. The van der Waals surface area contributed by atoms with Crippen molar-refractivity contribution < 1.29 is 14.3 Å². The van der Waals surface area contributed by atoms with Crippen LogP contribution in [0.4, 0.5) is 0 Å². The summed E-state index contributed by atoms with van der Waals surface area (Å²) in [7, 11) is 3.58. The molecule has 3 heterocycles. The molecule has 1 fully saturated rings. The third-order valence-electron chi connectivity index (χ3n) is 6.40. The molecule has 154 valence electrons. The molecular formula is C24H25N3O3. The summed E-state index contributed by atoms with van der Waals surface area (Å²) >= 11 is 0. The van der Waals surface area contributed by atoms with Gasteiger partial charge in [-0.25, -0.2) is 0 Å². The van der Waals surface area contributed by atoms with Crippen molar-refractivity contribution in [2.45, 2.75) is 25.4 Å². The molecule has 6 heteroatoms. The molecule has 1 aromatic heterocycles. The standard InChI is InChI=1S/C24H25N3O3/c1-16-7-6-10-20(29-3)21(16)23(28)27-13-11-24(12-14-27)18-15-25-26(2)22(18)17-8-4-5-9-19(17)30-24/h4-10,15H,11-14H2,1-3H3. The molecule has 0 N–H and O–H groups in total. The van der Waals surface area contributed by atoms with Crippen molar-refractivity contribution in [2.75, 3.05) is 20.2 Å². The summed E-state index contributed by atoms with van der Waals surface area (Å²) in [5.74, 6) is 1.52. The molecule has 5 rings (SSSR count). The van der Waals surface area contributed by atoms with Crippen molar-refractivity contribution >= 4 is 5.91 Å². The number of amides is 1. The van der Waals surface area contributed by atoms with E-state index in [0.717, 1.165) is 41.0 Å². The molecule has 2 aliphatic heterocycles. The molecule has 1 amide bonds. The second kappa shape index (κ2) is 6.90. The maximum absolute atomic E-state index is 13.3. The van der Waals surface area contributed by atoms with Crippen molar-refractivity contribution in [3.8, 4) is 22.8 Å². The van der Waals surface area contributed by atoms with Gasteiger partial charge in [-0.15, -0.1) is 0 Å². The Bertz CT molecular complexity index is 1130. The van der Waals surface area contributed by atoms with E-state index in [9.17, 15) is 4.79 Å².